The molecule has 4 N–H and O–H groups in total. The third kappa shape index (κ3) is 5.75. The zero-order chi connectivity index (χ0) is 17.8. The lowest BCUT2D eigenvalue weighted by atomic mass is 10.0. The van der Waals surface area contributed by atoms with Gasteiger partial charge in [0.15, 0.2) is 0 Å². The molecule has 1 rings (SSSR count). The van der Waals surface area contributed by atoms with Gasteiger partial charge in [0.25, 0.3) is 0 Å². The predicted octanol–water partition coefficient (Wildman–Crippen LogP) is 0.814. The number of benzene rings is 1. The lowest BCUT2D eigenvalue weighted by Crippen LogP contribution is -2.34. The second-order valence-corrected chi connectivity index (χ2v) is 4.56. The summed E-state index contributed by atoms with van der Waals surface area (Å²) in [5.41, 5.74) is -0.957. The number of nitrogens with one attached hydrogen (secondary N) is 1. The number of ether oxygens (including phenoxy) is 1. The molecule has 2 unspecified atom stereocenters. The average molecular weight is 337 g/mol. The van der Waals surface area contributed by atoms with Gasteiger partial charge in [-0.2, -0.15) is 0 Å². The SMILES string of the molecule is CC(=O)NCC(O)C(O)c1ccc(C(=O)O)c(OC(F)(F)F)c1. The molecule has 2 atom stereocenters. The van der Waals surface area contributed by atoms with Crippen molar-refractivity contribution in [2.75, 3.05) is 6.54 Å². The Morgan fingerprint density at radius 2 is 1.91 bits per heavy atom. The third-order valence-electron chi connectivity index (χ3n) is 2.73. The van der Waals surface area contributed by atoms with Crippen molar-refractivity contribution in [2.24, 2.45) is 0 Å². The van der Waals surface area contributed by atoms with Crippen LogP contribution in [-0.2, 0) is 4.79 Å². The van der Waals surface area contributed by atoms with Gasteiger partial charge in [0.2, 0.25) is 5.91 Å². The predicted molar refractivity (Wildman–Crippen MR) is 69.7 cm³/mol. The molecule has 0 saturated carbocycles. The Morgan fingerprint density at radius 1 is 1.30 bits per heavy atom. The number of alkyl halides is 3. The molecule has 0 saturated heterocycles. The fraction of sp³-hybridized carbons (Fsp3) is 0.385. The second-order valence-electron chi connectivity index (χ2n) is 4.56. The van der Waals surface area contributed by atoms with Crippen LogP contribution < -0.4 is 10.1 Å². The highest BCUT2D eigenvalue weighted by Crippen LogP contribution is 2.30. The molecule has 0 bridgehead atoms. The van der Waals surface area contributed by atoms with Crippen LogP contribution >= 0.6 is 0 Å². The van der Waals surface area contributed by atoms with E-state index in [1.54, 1.807) is 0 Å². The van der Waals surface area contributed by atoms with Gasteiger partial charge in [-0.3, -0.25) is 4.79 Å². The van der Waals surface area contributed by atoms with Crippen molar-refractivity contribution in [3.63, 3.8) is 0 Å². The maximum atomic E-state index is 12.3. The molecule has 1 amide bonds. The number of aromatic carboxylic acids is 1. The largest absolute Gasteiger partial charge is 0.573 e. The molecule has 10 heteroatoms. The molecule has 7 nitrogen and oxygen atoms in total. The van der Waals surface area contributed by atoms with E-state index in [1.165, 1.54) is 6.92 Å². The molecule has 0 heterocycles. The zero-order valence-electron chi connectivity index (χ0n) is 11.8. The van der Waals surface area contributed by atoms with Gasteiger partial charge in [0.1, 0.15) is 23.5 Å². The topological polar surface area (TPSA) is 116 Å². The highest BCUT2D eigenvalue weighted by atomic mass is 19.4. The van der Waals surface area contributed by atoms with Gasteiger partial charge in [0, 0.05) is 13.5 Å². The number of aliphatic hydroxyl groups is 2. The van der Waals surface area contributed by atoms with Crippen LogP contribution in [0.2, 0.25) is 0 Å². The third-order valence-corrected chi connectivity index (χ3v) is 2.73. The quantitative estimate of drug-likeness (QED) is 0.611. The molecule has 0 aliphatic heterocycles. The van der Waals surface area contributed by atoms with E-state index in [9.17, 15) is 33.0 Å². The van der Waals surface area contributed by atoms with E-state index in [1.807, 2.05) is 0 Å². The van der Waals surface area contributed by atoms with Crippen LogP contribution in [0.15, 0.2) is 18.2 Å². The minimum atomic E-state index is -5.12. The lowest BCUT2D eigenvalue weighted by molar-refractivity contribution is -0.274. The molecule has 0 spiro atoms. The van der Waals surface area contributed by atoms with Gasteiger partial charge in [-0.1, -0.05) is 6.07 Å². The van der Waals surface area contributed by atoms with Gasteiger partial charge < -0.3 is 25.4 Å². The Kier molecular flexibility index (Phi) is 5.93. The summed E-state index contributed by atoms with van der Waals surface area (Å²) in [5, 5.41) is 30.6. The maximum absolute atomic E-state index is 12.3. The summed E-state index contributed by atoms with van der Waals surface area (Å²) in [6.07, 6.45) is -8.28. The summed E-state index contributed by atoms with van der Waals surface area (Å²) in [4.78, 5) is 21.6. The Balaban J connectivity index is 3.06. The zero-order valence-corrected chi connectivity index (χ0v) is 11.8. The second kappa shape index (κ2) is 7.29. The van der Waals surface area contributed by atoms with Crippen LogP contribution in [0.5, 0.6) is 5.75 Å². The number of halogens is 3. The molecule has 0 aliphatic rings. The molecule has 23 heavy (non-hydrogen) atoms. The summed E-state index contributed by atoms with van der Waals surface area (Å²) < 4.78 is 40.6. The van der Waals surface area contributed by atoms with Crippen LogP contribution in [0.3, 0.4) is 0 Å². The summed E-state index contributed by atoms with van der Waals surface area (Å²) in [5.74, 6) is -3.14. The average Bonchev–Trinajstić information content (AvgIpc) is 2.41. The van der Waals surface area contributed by atoms with E-state index in [-0.39, 0.29) is 12.1 Å². The minimum absolute atomic E-state index is 0.202. The summed E-state index contributed by atoms with van der Waals surface area (Å²) >= 11 is 0. The Morgan fingerprint density at radius 3 is 2.39 bits per heavy atom. The van der Waals surface area contributed by atoms with Gasteiger partial charge in [-0.05, 0) is 17.7 Å². The molecule has 0 fully saturated rings. The molecule has 0 aromatic heterocycles. The van der Waals surface area contributed by atoms with Crippen LogP contribution in [0.25, 0.3) is 0 Å². The maximum Gasteiger partial charge on any atom is 0.573 e. The molecule has 128 valence electrons. The van der Waals surface area contributed by atoms with Crippen molar-refractivity contribution in [1.29, 1.82) is 0 Å². The number of hydrogen-bond acceptors (Lipinski definition) is 5. The molecular formula is C13H14F3NO6. The van der Waals surface area contributed by atoms with E-state index in [4.69, 9.17) is 5.11 Å². The van der Waals surface area contributed by atoms with Crippen molar-refractivity contribution in [2.45, 2.75) is 25.5 Å². The van der Waals surface area contributed by atoms with E-state index in [2.05, 4.69) is 10.1 Å². The van der Waals surface area contributed by atoms with E-state index in [0.29, 0.717) is 6.07 Å². The number of carboxylic acids is 1. The first-order valence-corrected chi connectivity index (χ1v) is 6.25. The van der Waals surface area contributed by atoms with Crippen molar-refractivity contribution < 1.29 is 42.8 Å². The number of amides is 1. The molecule has 1 aromatic rings. The Labute approximate surface area is 128 Å². The Bertz CT molecular complexity index is 590. The Hall–Kier alpha value is -2.33. The number of carbonyl (C=O) groups excluding carboxylic acids is 1. The summed E-state index contributed by atoms with van der Waals surface area (Å²) in [6.45, 7) is 0.836. The van der Waals surface area contributed by atoms with E-state index >= 15 is 0 Å². The van der Waals surface area contributed by atoms with Crippen molar-refractivity contribution >= 4 is 11.9 Å². The van der Waals surface area contributed by atoms with E-state index in [0.717, 1.165) is 12.1 Å². The number of carbonyl (C=O) groups is 2. The summed E-state index contributed by atoms with van der Waals surface area (Å²) in [7, 11) is 0. The van der Waals surface area contributed by atoms with Crippen molar-refractivity contribution in [1.82, 2.24) is 5.32 Å². The number of hydrogen-bond donors (Lipinski definition) is 4. The standard InChI is InChI=1S/C13H14F3NO6/c1-6(18)17-5-9(19)11(20)7-2-3-8(12(21)22)10(4-7)23-13(14,15)16/h2-4,9,11,19-20H,5H2,1H3,(H,17,18)(H,21,22). The molecular weight excluding hydrogens is 323 g/mol. The van der Waals surface area contributed by atoms with Crippen molar-refractivity contribution in [3.05, 3.63) is 29.3 Å². The highest BCUT2D eigenvalue weighted by molar-refractivity contribution is 5.91. The van der Waals surface area contributed by atoms with Gasteiger partial charge >= 0.3 is 12.3 Å². The molecule has 0 aliphatic carbocycles. The van der Waals surface area contributed by atoms with Crippen LogP contribution in [-0.4, -0.2) is 46.2 Å². The normalized spacial score (nSPS) is 14.0. The van der Waals surface area contributed by atoms with Gasteiger partial charge in [-0.15, -0.1) is 13.2 Å². The first-order chi connectivity index (χ1) is 10.5. The number of aliphatic hydroxyl groups excluding tert-OH is 2. The van der Waals surface area contributed by atoms with E-state index < -0.39 is 41.8 Å². The fourth-order valence-electron chi connectivity index (χ4n) is 1.69. The van der Waals surface area contributed by atoms with Crippen LogP contribution in [0.4, 0.5) is 13.2 Å². The number of rotatable bonds is 6. The van der Waals surface area contributed by atoms with Crippen molar-refractivity contribution in [3.8, 4) is 5.75 Å². The van der Waals surface area contributed by atoms with Gasteiger partial charge in [0.05, 0.1) is 0 Å². The first kappa shape index (κ1) is 18.7. The van der Waals surface area contributed by atoms with Crippen LogP contribution in [0.1, 0.15) is 28.9 Å². The van der Waals surface area contributed by atoms with Gasteiger partial charge in [-0.25, -0.2) is 4.79 Å². The fourth-order valence-corrected chi connectivity index (χ4v) is 1.69. The monoisotopic (exact) mass is 337 g/mol. The molecule has 0 radical (unpaired) electrons. The first-order valence-electron chi connectivity index (χ1n) is 6.25. The summed E-state index contributed by atoms with van der Waals surface area (Å²) in [6, 6.07) is 2.51. The van der Waals surface area contributed by atoms with Crippen LogP contribution in [0, 0.1) is 0 Å². The smallest absolute Gasteiger partial charge is 0.478 e. The number of carboxylic acid groups (broad SMARTS) is 1. The highest BCUT2D eigenvalue weighted by Gasteiger charge is 2.33. The minimum Gasteiger partial charge on any atom is -0.478 e. The molecule has 1 aromatic carbocycles. The lowest BCUT2D eigenvalue weighted by Gasteiger charge is -2.20.